The second-order valence-corrected chi connectivity index (χ2v) is 6.90. The third kappa shape index (κ3) is 3.92. The lowest BCUT2D eigenvalue weighted by atomic mass is 10.2. The number of piperazine rings is 1. The highest BCUT2D eigenvalue weighted by Crippen LogP contribution is 2.15. The molecule has 0 aliphatic carbocycles. The van der Waals surface area contributed by atoms with E-state index < -0.39 is 0 Å². The zero-order valence-electron chi connectivity index (χ0n) is 12.8. The zero-order valence-corrected chi connectivity index (χ0v) is 13.6. The quantitative estimate of drug-likeness (QED) is 0.906. The Labute approximate surface area is 134 Å². The molecule has 118 valence electrons. The van der Waals surface area contributed by atoms with Crippen molar-refractivity contribution in [1.82, 2.24) is 24.8 Å². The molecule has 1 amide bonds. The summed E-state index contributed by atoms with van der Waals surface area (Å²) in [7, 11) is 0. The van der Waals surface area contributed by atoms with E-state index >= 15 is 0 Å². The van der Waals surface area contributed by atoms with Crippen LogP contribution in [0.2, 0.25) is 0 Å². The van der Waals surface area contributed by atoms with Crippen molar-refractivity contribution in [2.45, 2.75) is 26.3 Å². The van der Waals surface area contributed by atoms with Gasteiger partial charge in [0.2, 0.25) is 5.91 Å². The molecular formula is C15H21N5OS. The number of aromatic nitrogens is 3. The summed E-state index contributed by atoms with van der Waals surface area (Å²) in [6, 6.07) is 0. The third-order valence-electron chi connectivity index (χ3n) is 3.94. The fraction of sp³-hybridized carbons (Fsp3) is 0.533. The maximum absolute atomic E-state index is 12.2. The highest BCUT2D eigenvalue weighted by Gasteiger charge is 2.21. The summed E-state index contributed by atoms with van der Waals surface area (Å²) < 4.78 is 0. The summed E-state index contributed by atoms with van der Waals surface area (Å²) in [5, 5.41) is 1.11. The summed E-state index contributed by atoms with van der Waals surface area (Å²) in [6.45, 7) is 6.49. The summed E-state index contributed by atoms with van der Waals surface area (Å²) in [6.07, 6.45) is 6.68. The van der Waals surface area contributed by atoms with Gasteiger partial charge in [0.05, 0.1) is 11.3 Å². The molecule has 3 heterocycles. The molecule has 1 N–H and O–H groups in total. The molecule has 0 unspecified atom stereocenters. The first kappa shape index (κ1) is 15.2. The van der Waals surface area contributed by atoms with Gasteiger partial charge in [0.1, 0.15) is 0 Å². The number of H-pyrrole nitrogens is 1. The summed E-state index contributed by atoms with van der Waals surface area (Å²) in [5.41, 5.74) is 1.02. The van der Waals surface area contributed by atoms with Gasteiger partial charge < -0.3 is 9.88 Å². The minimum Gasteiger partial charge on any atom is -0.348 e. The van der Waals surface area contributed by atoms with Crippen molar-refractivity contribution in [2.24, 2.45) is 0 Å². The van der Waals surface area contributed by atoms with Gasteiger partial charge >= 0.3 is 0 Å². The number of nitrogens with zero attached hydrogens (tertiary/aromatic N) is 4. The van der Waals surface area contributed by atoms with Gasteiger partial charge in [-0.1, -0.05) is 0 Å². The Kier molecular flexibility index (Phi) is 4.84. The van der Waals surface area contributed by atoms with Gasteiger partial charge in [0.25, 0.3) is 0 Å². The molecule has 6 nitrogen and oxygen atoms in total. The van der Waals surface area contributed by atoms with Crippen molar-refractivity contribution in [1.29, 1.82) is 0 Å². The second-order valence-electron chi connectivity index (χ2n) is 5.58. The monoisotopic (exact) mass is 319 g/mol. The lowest BCUT2D eigenvalue weighted by Gasteiger charge is -2.34. The fourth-order valence-electron chi connectivity index (χ4n) is 2.68. The normalized spacial score (nSPS) is 16.1. The number of thiazole rings is 1. The van der Waals surface area contributed by atoms with Crippen LogP contribution in [0.3, 0.4) is 0 Å². The van der Waals surface area contributed by atoms with Gasteiger partial charge in [0.15, 0.2) is 0 Å². The van der Waals surface area contributed by atoms with Crippen LogP contribution in [0.1, 0.15) is 22.0 Å². The van der Waals surface area contributed by atoms with Crippen molar-refractivity contribution >= 4 is 17.2 Å². The van der Waals surface area contributed by atoms with Gasteiger partial charge in [0, 0.05) is 62.1 Å². The van der Waals surface area contributed by atoms with Crippen LogP contribution in [0.25, 0.3) is 0 Å². The van der Waals surface area contributed by atoms with Gasteiger partial charge in [-0.3, -0.25) is 9.69 Å². The SMILES string of the molecule is Cc1ncc(CN2CCN(C(=O)CCc3cnc[nH]3)CC2)s1. The first-order chi connectivity index (χ1) is 10.7. The molecule has 22 heavy (non-hydrogen) atoms. The van der Waals surface area contributed by atoms with E-state index in [1.165, 1.54) is 4.88 Å². The zero-order chi connectivity index (χ0) is 15.4. The third-order valence-corrected chi connectivity index (χ3v) is 4.83. The maximum Gasteiger partial charge on any atom is 0.223 e. The molecule has 2 aromatic rings. The summed E-state index contributed by atoms with van der Waals surface area (Å²) in [4.78, 5) is 29.2. The maximum atomic E-state index is 12.2. The molecule has 3 rings (SSSR count). The molecule has 2 aromatic heterocycles. The number of carbonyl (C=O) groups is 1. The average molecular weight is 319 g/mol. The number of aromatic amines is 1. The minimum atomic E-state index is 0.239. The van der Waals surface area contributed by atoms with Crippen LogP contribution in [0, 0.1) is 6.92 Å². The lowest BCUT2D eigenvalue weighted by Crippen LogP contribution is -2.48. The molecule has 7 heteroatoms. The number of carbonyl (C=O) groups excluding carboxylic acids is 1. The van der Waals surface area contributed by atoms with E-state index in [2.05, 4.69) is 19.9 Å². The molecule has 0 saturated carbocycles. The van der Waals surface area contributed by atoms with Crippen LogP contribution in [-0.2, 0) is 17.8 Å². The van der Waals surface area contributed by atoms with Crippen LogP contribution in [0.5, 0.6) is 0 Å². The molecule has 1 aliphatic heterocycles. The number of aryl methyl sites for hydroxylation is 2. The number of hydrogen-bond acceptors (Lipinski definition) is 5. The summed E-state index contributed by atoms with van der Waals surface area (Å²) >= 11 is 1.75. The van der Waals surface area contributed by atoms with E-state index in [0.29, 0.717) is 6.42 Å². The number of amides is 1. The van der Waals surface area contributed by atoms with Crippen molar-refractivity contribution in [3.05, 3.63) is 34.3 Å². The molecule has 0 bridgehead atoms. The Morgan fingerprint density at radius 2 is 2.14 bits per heavy atom. The second kappa shape index (κ2) is 7.02. The topological polar surface area (TPSA) is 65.1 Å². The Balaban J connectivity index is 1.42. The largest absolute Gasteiger partial charge is 0.348 e. The highest BCUT2D eigenvalue weighted by molar-refractivity contribution is 7.11. The van der Waals surface area contributed by atoms with Crippen molar-refractivity contribution in [3.63, 3.8) is 0 Å². The molecule has 1 aliphatic rings. The van der Waals surface area contributed by atoms with E-state index in [1.807, 2.05) is 18.0 Å². The van der Waals surface area contributed by atoms with Gasteiger partial charge in [-0.15, -0.1) is 11.3 Å². The van der Waals surface area contributed by atoms with Crippen LogP contribution in [0.15, 0.2) is 18.7 Å². The van der Waals surface area contributed by atoms with E-state index in [0.717, 1.165) is 49.8 Å². The molecule has 0 radical (unpaired) electrons. The Bertz CT molecular complexity index is 601. The van der Waals surface area contributed by atoms with Gasteiger partial charge in [-0.25, -0.2) is 9.97 Å². The smallest absolute Gasteiger partial charge is 0.223 e. The number of imidazole rings is 1. The molecular weight excluding hydrogens is 298 g/mol. The Morgan fingerprint density at radius 1 is 1.32 bits per heavy atom. The van der Waals surface area contributed by atoms with Crippen LogP contribution >= 0.6 is 11.3 Å². The van der Waals surface area contributed by atoms with Crippen molar-refractivity contribution < 1.29 is 4.79 Å². The standard InChI is InChI=1S/C15H21N5OS/c1-12-17-9-14(22-12)10-19-4-6-20(7-5-19)15(21)3-2-13-8-16-11-18-13/h8-9,11H,2-7,10H2,1H3,(H,16,18). The highest BCUT2D eigenvalue weighted by atomic mass is 32.1. The fourth-order valence-corrected chi connectivity index (χ4v) is 3.51. The Hall–Kier alpha value is -1.73. The van der Waals surface area contributed by atoms with Crippen molar-refractivity contribution in [2.75, 3.05) is 26.2 Å². The Morgan fingerprint density at radius 3 is 2.77 bits per heavy atom. The van der Waals surface area contributed by atoms with E-state index in [-0.39, 0.29) is 5.91 Å². The number of nitrogens with one attached hydrogen (secondary N) is 1. The van der Waals surface area contributed by atoms with Crippen LogP contribution in [-0.4, -0.2) is 56.8 Å². The van der Waals surface area contributed by atoms with Crippen LogP contribution < -0.4 is 0 Å². The van der Waals surface area contributed by atoms with Gasteiger partial charge in [-0.05, 0) is 13.3 Å². The minimum absolute atomic E-state index is 0.239. The number of hydrogen-bond donors (Lipinski definition) is 1. The predicted octanol–water partition coefficient (Wildman–Crippen LogP) is 1.45. The average Bonchev–Trinajstić information content (AvgIpc) is 3.17. The predicted molar refractivity (Wildman–Crippen MR) is 85.6 cm³/mol. The van der Waals surface area contributed by atoms with Crippen LogP contribution in [0.4, 0.5) is 0 Å². The molecule has 0 spiro atoms. The molecule has 1 saturated heterocycles. The van der Waals surface area contributed by atoms with Gasteiger partial charge in [-0.2, -0.15) is 0 Å². The van der Waals surface area contributed by atoms with E-state index in [1.54, 1.807) is 23.9 Å². The molecule has 1 fully saturated rings. The number of rotatable bonds is 5. The molecule has 0 aromatic carbocycles. The molecule has 0 atom stereocenters. The van der Waals surface area contributed by atoms with E-state index in [9.17, 15) is 4.79 Å². The van der Waals surface area contributed by atoms with E-state index in [4.69, 9.17) is 0 Å². The first-order valence-corrected chi connectivity index (χ1v) is 8.41. The first-order valence-electron chi connectivity index (χ1n) is 7.59. The lowest BCUT2D eigenvalue weighted by molar-refractivity contribution is -0.133. The van der Waals surface area contributed by atoms with Crippen molar-refractivity contribution in [3.8, 4) is 0 Å². The summed E-state index contributed by atoms with van der Waals surface area (Å²) in [5.74, 6) is 0.239.